The number of carbonyl (C=O) groups is 1. The quantitative estimate of drug-likeness (QED) is 0.774. The molecule has 1 saturated heterocycles. The van der Waals surface area contributed by atoms with E-state index in [-0.39, 0.29) is 22.8 Å². The van der Waals surface area contributed by atoms with E-state index < -0.39 is 0 Å². The van der Waals surface area contributed by atoms with Gasteiger partial charge in [0.15, 0.2) is 0 Å². The summed E-state index contributed by atoms with van der Waals surface area (Å²) in [4.78, 5) is 16.8. The number of aryl methyl sites for hydroxylation is 1. The molecule has 1 atom stereocenters. The van der Waals surface area contributed by atoms with E-state index in [2.05, 4.69) is 18.7 Å². The van der Waals surface area contributed by atoms with Crippen LogP contribution in [-0.4, -0.2) is 45.1 Å². The zero-order chi connectivity index (χ0) is 18.0. The van der Waals surface area contributed by atoms with Gasteiger partial charge in [0.25, 0.3) is 0 Å². The van der Waals surface area contributed by atoms with Crippen LogP contribution in [0.15, 0.2) is 12.1 Å². The highest BCUT2D eigenvalue weighted by Gasteiger charge is 2.39. The number of phenols is 1. The molecule has 0 radical (unpaired) electrons. The molecule has 0 bridgehead atoms. The lowest BCUT2D eigenvalue weighted by Gasteiger charge is -2.22. The van der Waals surface area contributed by atoms with Crippen LogP contribution in [-0.2, 0) is 4.79 Å². The summed E-state index contributed by atoms with van der Waals surface area (Å²) >= 11 is 6.96. The van der Waals surface area contributed by atoms with Crippen LogP contribution in [0.5, 0.6) is 5.75 Å². The average molecular weight is 367 g/mol. The molecule has 1 aliphatic heterocycles. The number of thiocarbonyl (C=S) groups is 1. The van der Waals surface area contributed by atoms with E-state index in [1.807, 2.05) is 26.8 Å². The molecule has 132 valence electrons. The van der Waals surface area contributed by atoms with Gasteiger partial charge in [-0.2, -0.15) is 0 Å². The highest BCUT2D eigenvalue weighted by atomic mass is 32.2. The van der Waals surface area contributed by atoms with E-state index in [1.165, 1.54) is 11.8 Å². The van der Waals surface area contributed by atoms with E-state index in [4.69, 9.17) is 12.2 Å². The van der Waals surface area contributed by atoms with Gasteiger partial charge in [-0.1, -0.05) is 51.7 Å². The average Bonchev–Trinajstić information content (AvgIpc) is 2.79. The molecule has 6 heteroatoms. The van der Waals surface area contributed by atoms with Gasteiger partial charge >= 0.3 is 0 Å². The lowest BCUT2D eigenvalue weighted by atomic mass is 9.98. The van der Waals surface area contributed by atoms with Crippen molar-refractivity contribution < 1.29 is 9.90 Å². The Bertz CT molecular complexity index is 642. The van der Waals surface area contributed by atoms with Crippen molar-refractivity contribution >= 4 is 39.9 Å². The predicted molar refractivity (Wildman–Crippen MR) is 106 cm³/mol. The summed E-state index contributed by atoms with van der Waals surface area (Å²) in [5.74, 6) is 0.492. The van der Waals surface area contributed by atoms with Crippen LogP contribution in [0.4, 0.5) is 5.69 Å². The van der Waals surface area contributed by atoms with Crippen LogP contribution >= 0.6 is 24.0 Å². The van der Waals surface area contributed by atoms with Gasteiger partial charge in [-0.15, -0.1) is 0 Å². The molecule has 1 aliphatic rings. The number of thioether (sulfide) groups is 1. The van der Waals surface area contributed by atoms with E-state index in [0.717, 1.165) is 29.9 Å². The van der Waals surface area contributed by atoms with Gasteiger partial charge in [0.2, 0.25) is 5.91 Å². The van der Waals surface area contributed by atoms with Gasteiger partial charge in [0.05, 0.1) is 5.69 Å². The Morgan fingerprint density at radius 2 is 1.96 bits per heavy atom. The van der Waals surface area contributed by atoms with Crippen molar-refractivity contribution in [3.8, 4) is 5.75 Å². The molecule has 1 N–H and O–H groups in total. The summed E-state index contributed by atoms with van der Waals surface area (Å²) in [6.07, 6.45) is 0. The molecule has 1 amide bonds. The molecule has 0 aliphatic carbocycles. The molecular weight excluding hydrogens is 340 g/mol. The Labute approximate surface area is 154 Å². The van der Waals surface area contributed by atoms with Crippen LogP contribution in [0.3, 0.4) is 0 Å². The molecule has 0 spiro atoms. The molecule has 1 aromatic carbocycles. The monoisotopic (exact) mass is 366 g/mol. The number of benzene rings is 1. The highest BCUT2D eigenvalue weighted by Crippen LogP contribution is 2.38. The number of aromatic hydroxyl groups is 1. The van der Waals surface area contributed by atoms with Crippen molar-refractivity contribution in [3.05, 3.63) is 23.3 Å². The third-order valence-electron chi connectivity index (χ3n) is 4.45. The Balaban J connectivity index is 2.34. The molecule has 0 aromatic heterocycles. The minimum absolute atomic E-state index is 0.0420. The maximum Gasteiger partial charge on any atom is 0.247 e. The first-order valence-corrected chi connectivity index (χ1v) is 9.69. The summed E-state index contributed by atoms with van der Waals surface area (Å²) in [6.45, 7) is 12.7. The molecule has 4 nitrogen and oxygen atoms in total. The summed E-state index contributed by atoms with van der Waals surface area (Å²) in [7, 11) is 0. The van der Waals surface area contributed by atoms with Gasteiger partial charge in [0.1, 0.15) is 15.3 Å². The van der Waals surface area contributed by atoms with Gasteiger partial charge < -0.3 is 10.0 Å². The lowest BCUT2D eigenvalue weighted by Crippen LogP contribution is -2.38. The molecule has 1 aromatic rings. The standard InChI is InChI=1S/C18H26N2O2S2/c1-6-19(7-2)10-16-17(22)20(18(23)24-16)14-9-13(11(3)4)15(21)8-12(14)5/h8-9,11,16,21H,6-7,10H2,1-5H3. The van der Waals surface area contributed by atoms with E-state index >= 15 is 0 Å². The van der Waals surface area contributed by atoms with Crippen molar-refractivity contribution in [1.82, 2.24) is 4.90 Å². The summed E-state index contributed by atoms with van der Waals surface area (Å²) < 4.78 is 0.598. The fourth-order valence-corrected chi connectivity index (χ4v) is 4.47. The first-order valence-electron chi connectivity index (χ1n) is 8.40. The molecular formula is C18H26N2O2S2. The van der Waals surface area contributed by atoms with Crippen molar-refractivity contribution in [1.29, 1.82) is 0 Å². The molecule has 1 unspecified atom stereocenters. The first-order chi connectivity index (χ1) is 11.3. The molecule has 1 fully saturated rings. The van der Waals surface area contributed by atoms with E-state index in [1.54, 1.807) is 11.0 Å². The van der Waals surface area contributed by atoms with Gasteiger partial charge in [-0.3, -0.25) is 9.69 Å². The van der Waals surface area contributed by atoms with Crippen molar-refractivity contribution in [2.75, 3.05) is 24.5 Å². The number of anilines is 1. The maximum absolute atomic E-state index is 12.9. The molecule has 2 rings (SSSR count). The fourth-order valence-electron chi connectivity index (χ4n) is 2.91. The second-order valence-electron chi connectivity index (χ2n) is 6.38. The Hall–Kier alpha value is -1.11. The second kappa shape index (κ2) is 7.85. The zero-order valence-corrected chi connectivity index (χ0v) is 16.6. The Kier molecular flexibility index (Phi) is 6.28. The normalized spacial score (nSPS) is 18.3. The lowest BCUT2D eigenvalue weighted by molar-refractivity contribution is -0.117. The van der Waals surface area contributed by atoms with Crippen LogP contribution in [0.1, 0.15) is 44.7 Å². The number of phenolic OH excluding ortho intramolecular Hbond substituents is 1. The number of hydrogen-bond acceptors (Lipinski definition) is 5. The van der Waals surface area contributed by atoms with E-state index in [9.17, 15) is 9.90 Å². The van der Waals surface area contributed by atoms with Crippen LogP contribution in [0.25, 0.3) is 0 Å². The minimum atomic E-state index is -0.159. The largest absolute Gasteiger partial charge is 0.508 e. The Morgan fingerprint density at radius 1 is 1.33 bits per heavy atom. The first kappa shape index (κ1) is 19.2. The van der Waals surface area contributed by atoms with Crippen LogP contribution in [0.2, 0.25) is 0 Å². The second-order valence-corrected chi connectivity index (χ2v) is 8.22. The fraction of sp³-hybridized carbons (Fsp3) is 0.556. The molecule has 0 saturated carbocycles. The van der Waals surface area contributed by atoms with Crippen molar-refractivity contribution in [2.45, 2.75) is 45.8 Å². The van der Waals surface area contributed by atoms with Crippen LogP contribution < -0.4 is 4.90 Å². The SMILES string of the molecule is CCN(CC)CC1SC(=S)N(c2cc(C(C)C)c(O)cc2C)C1=O. The van der Waals surface area contributed by atoms with Gasteiger partial charge in [-0.05, 0) is 49.2 Å². The van der Waals surface area contributed by atoms with E-state index in [0.29, 0.717) is 10.9 Å². The maximum atomic E-state index is 12.9. The number of rotatable bonds is 6. The minimum Gasteiger partial charge on any atom is -0.508 e. The van der Waals surface area contributed by atoms with Crippen molar-refractivity contribution in [2.24, 2.45) is 0 Å². The van der Waals surface area contributed by atoms with Gasteiger partial charge in [-0.25, -0.2) is 0 Å². The summed E-state index contributed by atoms with van der Waals surface area (Å²) in [5, 5.41) is 9.99. The third kappa shape index (κ3) is 3.76. The smallest absolute Gasteiger partial charge is 0.247 e. The summed E-state index contributed by atoms with van der Waals surface area (Å²) in [5.41, 5.74) is 2.49. The van der Waals surface area contributed by atoms with Gasteiger partial charge in [0, 0.05) is 6.54 Å². The topological polar surface area (TPSA) is 43.8 Å². The number of hydrogen-bond donors (Lipinski definition) is 1. The molecule has 1 heterocycles. The Morgan fingerprint density at radius 3 is 2.50 bits per heavy atom. The van der Waals surface area contributed by atoms with Crippen LogP contribution in [0, 0.1) is 6.92 Å². The third-order valence-corrected chi connectivity index (χ3v) is 5.94. The van der Waals surface area contributed by atoms with Crippen molar-refractivity contribution in [3.63, 3.8) is 0 Å². The zero-order valence-electron chi connectivity index (χ0n) is 15.0. The highest BCUT2D eigenvalue weighted by molar-refractivity contribution is 8.25. The number of carbonyl (C=O) groups excluding carboxylic acids is 1. The predicted octanol–water partition coefficient (Wildman–Crippen LogP) is 3.90. The summed E-state index contributed by atoms with van der Waals surface area (Å²) in [6, 6.07) is 3.63. The number of nitrogens with zero attached hydrogens (tertiary/aromatic N) is 2. The number of amides is 1. The molecule has 24 heavy (non-hydrogen) atoms.